The van der Waals surface area contributed by atoms with Gasteiger partial charge >= 0.3 is 0 Å². The van der Waals surface area contributed by atoms with Crippen molar-refractivity contribution in [1.29, 1.82) is 0 Å². The standard InChI is InChI=1S/C12H15Br2NO/c1-2-16-12-10(13)5-8(6-11(12)14)7-15-9-3-4-9/h5-6,9,15H,2-4,7H2,1H3. The zero-order chi connectivity index (χ0) is 11.5. The third kappa shape index (κ3) is 3.22. The highest BCUT2D eigenvalue weighted by Gasteiger charge is 2.20. The minimum absolute atomic E-state index is 0.677. The minimum Gasteiger partial charge on any atom is -0.492 e. The number of benzene rings is 1. The van der Waals surface area contributed by atoms with Crippen LogP contribution < -0.4 is 10.1 Å². The Morgan fingerprint density at radius 2 is 1.94 bits per heavy atom. The van der Waals surface area contributed by atoms with Gasteiger partial charge in [0.1, 0.15) is 5.75 Å². The maximum Gasteiger partial charge on any atom is 0.147 e. The summed E-state index contributed by atoms with van der Waals surface area (Å²) >= 11 is 7.08. The number of rotatable bonds is 5. The molecule has 1 saturated carbocycles. The van der Waals surface area contributed by atoms with Crippen LogP contribution in [-0.4, -0.2) is 12.6 Å². The van der Waals surface area contributed by atoms with E-state index in [-0.39, 0.29) is 0 Å². The van der Waals surface area contributed by atoms with E-state index < -0.39 is 0 Å². The Balaban J connectivity index is 2.08. The normalized spacial score (nSPS) is 15.2. The Bertz CT molecular complexity index is 354. The monoisotopic (exact) mass is 347 g/mol. The first-order valence-electron chi connectivity index (χ1n) is 5.54. The quantitative estimate of drug-likeness (QED) is 0.872. The maximum atomic E-state index is 5.55. The van der Waals surface area contributed by atoms with Crippen LogP contribution in [-0.2, 0) is 6.54 Å². The van der Waals surface area contributed by atoms with Crippen molar-refractivity contribution >= 4 is 31.9 Å². The summed E-state index contributed by atoms with van der Waals surface area (Å²) in [5, 5.41) is 3.50. The summed E-state index contributed by atoms with van der Waals surface area (Å²) in [5.41, 5.74) is 1.27. The van der Waals surface area contributed by atoms with E-state index in [0.29, 0.717) is 6.61 Å². The summed E-state index contributed by atoms with van der Waals surface area (Å²) in [5.74, 6) is 0.887. The van der Waals surface area contributed by atoms with Gasteiger partial charge in [0.25, 0.3) is 0 Å². The molecule has 0 aromatic heterocycles. The Hall–Kier alpha value is -0.0600. The van der Waals surface area contributed by atoms with Crippen LogP contribution >= 0.6 is 31.9 Å². The van der Waals surface area contributed by atoms with E-state index in [4.69, 9.17) is 4.74 Å². The second kappa shape index (κ2) is 5.52. The second-order valence-electron chi connectivity index (χ2n) is 3.98. The van der Waals surface area contributed by atoms with Gasteiger partial charge in [-0.1, -0.05) is 0 Å². The van der Waals surface area contributed by atoms with Crippen LogP contribution in [0.15, 0.2) is 21.1 Å². The molecule has 0 saturated heterocycles. The van der Waals surface area contributed by atoms with E-state index in [1.165, 1.54) is 18.4 Å². The van der Waals surface area contributed by atoms with Crippen LogP contribution in [0.2, 0.25) is 0 Å². The fraction of sp³-hybridized carbons (Fsp3) is 0.500. The number of nitrogens with one attached hydrogen (secondary N) is 1. The zero-order valence-electron chi connectivity index (χ0n) is 9.22. The predicted octanol–water partition coefficient (Wildman–Crippen LogP) is 3.86. The molecule has 0 bridgehead atoms. The molecule has 2 rings (SSSR count). The lowest BCUT2D eigenvalue weighted by Gasteiger charge is -2.11. The number of ether oxygens (including phenoxy) is 1. The molecule has 1 fully saturated rings. The molecule has 0 unspecified atom stereocenters. The molecule has 88 valence electrons. The molecule has 16 heavy (non-hydrogen) atoms. The summed E-state index contributed by atoms with van der Waals surface area (Å²) in [7, 11) is 0. The third-order valence-electron chi connectivity index (χ3n) is 2.52. The molecule has 0 radical (unpaired) electrons. The molecule has 0 aliphatic heterocycles. The average molecular weight is 349 g/mol. The van der Waals surface area contributed by atoms with Crippen LogP contribution in [0.25, 0.3) is 0 Å². The molecule has 0 spiro atoms. The predicted molar refractivity (Wildman–Crippen MR) is 72.9 cm³/mol. The molecule has 2 nitrogen and oxygen atoms in total. The second-order valence-corrected chi connectivity index (χ2v) is 5.69. The molecule has 4 heteroatoms. The van der Waals surface area contributed by atoms with E-state index in [9.17, 15) is 0 Å². The van der Waals surface area contributed by atoms with E-state index >= 15 is 0 Å². The van der Waals surface area contributed by atoms with Gasteiger partial charge in [0.15, 0.2) is 0 Å². The molecule has 1 aromatic rings. The Morgan fingerprint density at radius 1 is 1.31 bits per heavy atom. The largest absolute Gasteiger partial charge is 0.492 e. The molecule has 1 aliphatic carbocycles. The summed E-state index contributed by atoms with van der Waals surface area (Å²) in [6.07, 6.45) is 2.64. The smallest absolute Gasteiger partial charge is 0.147 e. The molecule has 1 aliphatic rings. The van der Waals surface area contributed by atoms with Crippen molar-refractivity contribution in [3.05, 3.63) is 26.6 Å². The lowest BCUT2D eigenvalue weighted by atomic mass is 10.2. The molecule has 1 N–H and O–H groups in total. The van der Waals surface area contributed by atoms with Crippen LogP contribution in [0.1, 0.15) is 25.3 Å². The highest BCUT2D eigenvalue weighted by molar-refractivity contribution is 9.11. The number of hydrogen-bond acceptors (Lipinski definition) is 2. The molecular weight excluding hydrogens is 334 g/mol. The van der Waals surface area contributed by atoms with Crippen molar-refractivity contribution in [2.75, 3.05) is 6.61 Å². The van der Waals surface area contributed by atoms with E-state index in [1.54, 1.807) is 0 Å². The first kappa shape index (κ1) is 12.4. The SMILES string of the molecule is CCOc1c(Br)cc(CNC2CC2)cc1Br. The lowest BCUT2D eigenvalue weighted by molar-refractivity contribution is 0.336. The van der Waals surface area contributed by atoms with E-state index in [1.807, 2.05) is 6.92 Å². The third-order valence-corrected chi connectivity index (χ3v) is 3.70. The van der Waals surface area contributed by atoms with Gasteiger partial charge in [-0.05, 0) is 69.3 Å². The summed E-state index contributed by atoms with van der Waals surface area (Å²) in [6.45, 7) is 3.59. The van der Waals surface area contributed by atoms with E-state index in [0.717, 1.165) is 27.3 Å². The average Bonchev–Trinajstić information content (AvgIpc) is 3.04. The lowest BCUT2D eigenvalue weighted by Crippen LogP contribution is -2.15. The van der Waals surface area contributed by atoms with Gasteiger partial charge in [0, 0.05) is 12.6 Å². The van der Waals surface area contributed by atoms with Gasteiger partial charge in [0.05, 0.1) is 15.6 Å². The Labute approximate surface area is 113 Å². The van der Waals surface area contributed by atoms with Crippen molar-refractivity contribution in [3.8, 4) is 5.75 Å². The number of halogens is 2. The highest BCUT2D eigenvalue weighted by Crippen LogP contribution is 2.35. The van der Waals surface area contributed by atoms with Gasteiger partial charge in [-0.2, -0.15) is 0 Å². The van der Waals surface area contributed by atoms with E-state index in [2.05, 4.69) is 49.3 Å². The van der Waals surface area contributed by atoms with Gasteiger partial charge in [-0.15, -0.1) is 0 Å². The highest BCUT2D eigenvalue weighted by atomic mass is 79.9. The van der Waals surface area contributed by atoms with Gasteiger partial charge in [-0.25, -0.2) is 0 Å². The van der Waals surface area contributed by atoms with Crippen molar-refractivity contribution < 1.29 is 4.74 Å². The Morgan fingerprint density at radius 3 is 2.44 bits per heavy atom. The van der Waals surface area contributed by atoms with Gasteiger partial charge in [0.2, 0.25) is 0 Å². The summed E-state index contributed by atoms with van der Waals surface area (Å²) in [6, 6.07) is 4.97. The molecule has 0 amide bonds. The fourth-order valence-corrected chi connectivity index (χ4v) is 3.06. The van der Waals surface area contributed by atoms with Gasteiger partial charge in [-0.3, -0.25) is 0 Å². The van der Waals surface area contributed by atoms with Crippen molar-refractivity contribution in [1.82, 2.24) is 5.32 Å². The van der Waals surface area contributed by atoms with Gasteiger partial charge < -0.3 is 10.1 Å². The molecule has 0 heterocycles. The fourth-order valence-electron chi connectivity index (χ4n) is 1.55. The molecule has 0 atom stereocenters. The van der Waals surface area contributed by atoms with Crippen molar-refractivity contribution in [2.24, 2.45) is 0 Å². The zero-order valence-corrected chi connectivity index (χ0v) is 12.4. The summed E-state index contributed by atoms with van der Waals surface area (Å²) in [4.78, 5) is 0. The number of hydrogen-bond donors (Lipinski definition) is 1. The molecular formula is C12H15Br2NO. The summed E-state index contributed by atoms with van der Waals surface area (Å²) < 4.78 is 7.57. The van der Waals surface area contributed by atoms with Crippen molar-refractivity contribution in [2.45, 2.75) is 32.4 Å². The first-order valence-corrected chi connectivity index (χ1v) is 7.13. The van der Waals surface area contributed by atoms with Crippen molar-refractivity contribution in [3.63, 3.8) is 0 Å². The molecule has 1 aromatic carbocycles. The van der Waals surface area contributed by atoms with Crippen LogP contribution in [0.5, 0.6) is 5.75 Å². The topological polar surface area (TPSA) is 21.3 Å². The first-order chi connectivity index (χ1) is 7.70. The van der Waals surface area contributed by atoms with Crippen LogP contribution in [0, 0.1) is 0 Å². The maximum absolute atomic E-state index is 5.55. The minimum atomic E-state index is 0.677. The Kier molecular flexibility index (Phi) is 4.27. The van der Waals surface area contributed by atoms with Crippen LogP contribution in [0.3, 0.4) is 0 Å². The van der Waals surface area contributed by atoms with Crippen LogP contribution in [0.4, 0.5) is 0 Å².